The van der Waals surface area contributed by atoms with E-state index >= 15 is 0 Å². The number of H-pyrrole nitrogens is 1. The number of aromatic nitrogens is 1. The monoisotopic (exact) mass is 358 g/mol. The first kappa shape index (κ1) is 16.6. The molecule has 0 bridgehead atoms. The summed E-state index contributed by atoms with van der Waals surface area (Å²) in [7, 11) is 0. The lowest BCUT2D eigenvalue weighted by Gasteiger charge is -2.11. The van der Waals surface area contributed by atoms with Gasteiger partial charge in [0.2, 0.25) is 0 Å². The number of benzene rings is 2. The number of aliphatic hydroxyl groups excluding tert-OH is 1. The minimum absolute atomic E-state index is 0.0523. The van der Waals surface area contributed by atoms with E-state index in [-0.39, 0.29) is 17.0 Å². The zero-order valence-corrected chi connectivity index (χ0v) is 14.2. The zero-order chi connectivity index (χ0) is 17.3. The summed E-state index contributed by atoms with van der Waals surface area (Å²) in [5.74, 6) is 0. The van der Waals surface area contributed by atoms with Gasteiger partial charge in [0.25, 0.3) is 0 Å². The van der Waals surface area contributed by atoms with Crippen LogP contribution >= 0.6 is 23.8 Å². The van der Waals surface area contributed by atoms with Gasteiger partial charge in [0.1, 0.15) is 4.99 Å². The Morgan fingerprint density at radius 3 is 2.46 bits per heavy atom. The number of pyridine rings is 1. The first-order valence-electron chi connectivity index (χ1n) is 7.32. The Kier molecular flexibility index (Phi) is 4.66. The quantitative estimate of drug-likeness (QED) is 0.626. The lowest BCUT2D eigenvalue weighted by molar-refractivity contribution is 0.282. The fourth-order valence-corrected chi connectivity index (χ4v) is 3.02. The van der Waals surface area contributed by atoms with Gasteiger partial charge in [-0.1, -0.05) is 42.0 Å². The van der Waals surface area contributed by atoms with Crippen molar-refractivity contribution in [2.45, 2.75) is 13.0 Å². The molecule has 3 rings (SSSR count). The molecule has 0 fully saturated rings. The Morgan fingerprint density at radius 1 is 1.17 bits per heavy atom. The molecule has 0 aliphatic rings. The van der Waals surface area contributed by atoms with Crippen molar-refractivity contribution in [3.63, 3.8) is 0 Å². The molecule has 0 saturated carbocycles. The second kappa shape index (κ2) is 6.73. The molecule has 1 heterocycles. The number of hydrogen-bond donors (Lipinski definition) is 3. The maximum atomic E-state index is 12.8. The van der Waals surface area contributed by atoms with E-state index < -0.39 is 0 Å². The molecule has 4 N–H and O–H groups in total. The molecule has 0 amide bonds. The molecule has 0 aliphatic carbocycles. The van der Waals surface area contributed by atoms with Crippen LogP contribution in [0.1, 0.15) is 22.4 Å². The van der Waals surface area contributed by atoms with Gasteiger partial charge in [-0.2, -0.15) is 0 Å². The summed E-state index contributed by atoms with van der Waals surface area (Å²) < 4.78 is 0. The van der Waals surface area contributed by atoms with Crippen LogP contribution in [0.3, 0.4) is 0 Å². The van der Waals surface area contributed by atoms with Gasteiger partial charge >= 0.3 is 0 Å². The van der Waals surface area contributed by atoms with Crippen molar-refractivity contribution in [2.24, 2.45) is 5.73 Å². The second-order valence-electron chi connectivity index (χ2n) is 5.51. The van der Waals surface area contributed by atoms with Gasteiger partial charge in [0, 0.05) is 28.0 Å². The highest BCUT2D eigenvalue weighted by Crippen LogP contribution is 2.18. The predicted molar refractivity (Wildman–Crippen MR) is 101 cm³/mol. The number of fused-ring (bicyclic) bond motifs is 1. The first-order valence-corrected chi connectivity index (χ1v) is 8.11. The lowest BCUT2D eigenvalue weighted by Crippen LogP contribution is -2.25. The van der Waals surface area contributed by atoms with Gasteiger partial charge in [-0.15, -0.1) is 0 Å². The molecule has 2 aromatic carbocycles. The molecule has 0 spiro atoms. The fourth-order valence-electron chi connectivity index (χ4n) is 2.68. The topological polar surface area (TPSA) is 79.1 Å². The number of thiocarbonyl (C=S) groups is 1. The number of nitrogens with two attached hydrogens (primary N) is 1. The Morgan fingerprint density at radius 2 is 1.83 bits per heavy atom. The van der Waals surface area contributed by atoms with Crippen molar-refractivity contribution in [2.75, 3.05) is 0 Å². The van der Waals surface area contributed by atoms with E-state index in [0.717, 1.165) is 5.56 Å². The average Bonchev–Trinajstić information content (AvgIpc) is 2.56. The molecular formula is C18H15ClN2O2S. The lowest BCUT2D eigenvalue weighted by atomic mass is 10.0. The van der Waals surface area contributed by atoms with Crippen molar-refractivity contribution in [1.29, 1.82) is 0 Å². The largest absolute Gasteiger partial charge is 0.392 e. The summed E-state index contributed by atoms with van der Waals surface area (Å²) in [4.78, 5) is 16.1. The van der Waals surface area contributed by atoms with Crippen LogP contribution in [0.5, 0.6) is 0 Å². The average molecular weight is 359 g/mol. The third-order valence-corrected chi connectivity index (χ3v) is 4.32. The van der Waals surface area contributed by atoms with Crippen LogP contribution in [0.2, 0.25) is 5.02 Å². The summed E-state index contributed by atoms with van der Waals surface area (Å²) in [6, 6.07) is 12.6. The molecule has 24 heavy (non-hydrogen) atoms. The van der Waals surface area contributed by atoms with Crippen LogP contribution in [0.4, 0.5) is 0 Å². The van der Waals surface area contributed by atoms with Gasteiger partial charge in [-0.25, -0.2) is 0 Å². The van der Waals surface area contributed by atoms with Crippen molar-refractivity contribution in [3.05, 3.63) is 80.1 Å². The number of nitrogens with one attached hydrogen (secondary N) is 1. The van der Waals surface area contributed by atoms with E-state index in [0.29, 0.717) is 39.2 Å². The van der Waals surface area contributed by atoms with E-state index in [1.165, 1.54) is 0 Å². The highest BCUT2D eigenvalue weighted by atomic mass is 35.5. The molecule has 0 atom stereocenters. The van der Waals surface area contributed by atoms with E-state index in [1.54, 1.807) is 30.3 Å². The maximum absolute atomic E-state index is 12.8. The van der Waals surface area contributed by atoms with Gasteiger partial charge < -0.3 is 15.8 Å². The number of halogens is 1. The normalized spacial score (nSPS) is 10.9. The Balaban J connectivity index is 2.19. The zero-order valence-electron chi connectivity index (χ0n) is 12.7. The van der Waals surface area contributed by atoms with Crippen LogP contribution in [0.15, 0.2) is 47.3 Å². The molecule has 4 nitrogen and oxygen atoms in total. The Labute approximate surface area is 148 Å². The smallest absolute Gasteiger partial charge is 0.199 e. The van der Waals surface area contributed by atoms with Gasteiger partial charge in [0.05, 0.1) is 12.2 Å². The fraction of sp³-hybridized carbons (Fsp3) is 0.111. The standard InChI is InChI=1S/C18H15ClN2O2S/c19-12-4-1-10(2-5-12)8-15-16(18(20)24)17(23)13-7-11(9-22)3-6-14(13)21-15/h1-7,22H,8-9H2,(H2,20,24)(H,21,23). The van der Waals surface area contributed by atoms with Crippen molar-refractivity contribution in [3.8, 4) is 0 Å². The van der Waals surface area contributed by atoms with E-state index in [9.17, 15) is 9.90 Å². The molecule has 122 valence electrons. The van der Waals surface area contributed by atoms with Gasteiger partial charge in [-0.3, -0.25) is 4.79 Å². The minimum Gasteiger partial charge on any atom is -0.392 e. The molecule has 0 aliphatic heterocycles. The Bertz CT molecular complexity index is 981. The van der Waals surface area contributed by atoms with Crippen molar-refractivity contribution >= 4 is 39.7 Å². The van der Waals surface area contributed by atoms with Crippen LogP contribution in [-0.4, -0.2) is 15.1 Å². The van der Waals surface area contributed by atoms with Gasteiger partial charge in [-0.05, 0) is 35.4 Å². The summed E-state index contributed by atoms with van der Waals surface area (Å²) >= 11 is 11.0. The molecule has 1 aromatic heterocycles. The number of aliphatic hydroxyl groups is 1. The summed E-state index contributed by atoms with van der Waals surface area (Å²) in [6.45, 7) is -0.135. The van der Waals surface area contributed by atoms with Crippen molar-refractivity contribution < 1.29 is 5.11 Å². The third kappa shape index (κ3) is 3.19. The highest BCUT2D eigenvalue weighted by Gasteiger charge is 2.15. The molecular weight excluding hydrogens is 344 g/mol. The van der Waals surface area contributed by atoms with Crippen LogP contribution < -0.4 is 11.2 Å². The molecule has 0 saturated heterocycles. The number of hydrogen-bond acceptors (Lipinski definition) is 3. The third-order valence-electron chi connectivity index (χ3n) is 3.87. The first-order chi connectivity index (χ1) is 11.5. The van der Waals surface area contributed by atoms with Crippen LogP contribution in [0, 0.1) is 0 Å². The van der Waals surface area contributed by atoms with E-state index in [2.05, 4.69) is 4.98 Å². The highest BCUT2D eigenvalue weighted by molar-refractivity contribution is 7.80. The molecule has 0 radical (unpaired) electrons. The summed E-state index contributed by atoms with van der Waals surface area (Å²) in [5, 5.41) is 10.4. The van der Waals surface area contributed by atoms with Crippen molar-refractivity contribution in [1.82, 2.24) is 4.98 Å². The molecule has 0 unspecified atom stereocenters. The maximum Gasteiger partial charge on any atom is 0.199 e. The van der Waals surface area contributed by atoms with Crippen LogP contribution in [-0.2, 0) is 13.0 Å². The van der Waals surface area contributed by atoms with Crippen LogP contribution in [0.25, 0.3) is 10.9 Å². The Hall–Kier alpha value is -2.21. The van der Waals surface area contributed by atoms with E-state index in [1.807, 2.05) is 12.1 Å². The minimum atomic E-state index is -0.226. The predicted octanol–water partition coefficient (Wildman–Crippen LogP) is 2.90. The number of rotatable bonds is 4. The molecule has 3 aromatic rings. The van der Waals surface area contributed by atoms with E-state index in [4.69, 9.17) is 29.6 Å². The van der Waals surface area contributed by atoms with Gasteiger partial charge in [0.15, 0.2) is 5.43 Å². The SMILES string of the molecule is NC(=S)c1c(Cc2ccc(Cl)cc2)[nH]c2ccc(CO)cc2c1=O. The second-order valence-corrected chi connectivity index (χ2v) is 6.39. The number of aromatic amines is 1. The summed E-state index contributed by atoms with van der Waals surface area (Å²) in [6.07, 6.45) is 0.483. The summed E-state index contributed by atoms with van der Waals surface area (Å²) in [5.41, 5.74) is 8.87. The molecule has 6 heteroatoms.